The Kier molecular flexibility index (Phi) is 5.12. The van der Waals surface area contributed by atoms with Crippen LogP contribution < -0.4 is 11.1 Å². The number of nitrogens with zero attached hydrogens (tertiary/aromatic N) is 1. The molecular formula is C13H21N3O2. The normalized spacial score (nSPS) is 15.4. The summed E-state index contributed by atoms with van der Waals surface area (Å²) < 4.78 is 0. The Bertz CT molecular complexity index is 397. The molecule has 0 aromatic heterocycles. The zero-order chi connectivity index (χ0) is 13.6. The molecular weight excluding hydrogens is 230 g/mol. The minimum atomic E-state index is -0.260. The van der Waals surface area contributed by atoms with Gasteiger partial charge in [-0.1, -0.05) is 36.3 Å². The van der Waals surface area contributed by atoms with Crippen LogP contribution in [0.1, 0.15) is 31.4 Å². The number of aliphatic hydroxyl groups is 1. The van der Waals surface area contributed by atoms with Crippen molar-refractivity contribution in [2.75, 3.05) is 6.61 Å². The van der Waals surface area contributed by atoms with Crippen molar-refractivity contribution >= 4 is 5.84 Å². The van der Waals surface area contributed by atoms with Crippen LogP contribution in [0.3, 0.4) is 0 Å². The van der Waals surface area contributed by atoms with Crippen LogP contribution in [-0.4, -0.2) is 28.3 Å². The highest BCUT2D eigenvalue weighted by molar-refractivity contribution is 5.96. The van der Waals surface area contributed by atoms with Gasteiger partial charge in [0.1, 0.15) is 0 Å². The van der Waals surface area contributed by atoms with Crippen molar-refractivity contribution in [1.29, 1.82) is 0 Å². The average Bonchev–Trinajstić information content (AvgIpc) is 2.44. The van der Waals surface area contributed by atoms with E-state index in [2.05, 4.69) is 10.5 Å². The van der Waals surface area contributed by atoms with Crippen molar-refractivity contribution in [3.8, 4) is 0 Å². The third-order valence-corrected chi connectivity index (χ3v) is 3.21. The molecule has 5 N–H and O–H groups in total. The molecule has 1 aromatic carbocycles. The fourth-order valence-electron chi connectivity index (χ4n) is 1.46. The molecule has 0 bridgehead atoms. The predicted molar refractivity (Wildman–Crippen MR) is 71.6 cm³/mol. The molecule has 5 nitrogen and oxygen atoms in total. The molecule has 0 aliphatic heterocycles. The van der Waals surface area contributed by atoms with E-state index in [1.165, 1.54) is 0 Å². The van der Waals surface area contributed by atoms with Gasteiger partial charge in [0.15, 0.2) is 5.84 Å². The van der Waals surface area contributed by atoms with Gasteiger partial charge in [0, 0.05) is 17.6 Å². The molecule has 0 amide bonds. The SMILES string of the molecule is CCC(C)(CO)NCc1ccc(C(N)=NO)cc1. The first-order valence-electron chi connectivity index (χ1n) is 5.97. The van der Waals surface area contributed by atoms with E-state index < -0.39 is 0 Å². The largest absolute Gasteiger partial charge is 0.409 e. The smallest absolute Gasteiger partial charge is 0.170 e. The lowest BCUT2D eigenvalue weighted by molar-refractivity contribution is 0.169. The van der Waals surface area contributed by atoms with Gasteiger partial charge in [-0.25, -0.2) is 0 Å². The third-order valence-electron chi connectivity index (χ3n) is 3.21. The van der Waals surface area contributed by atoms with Crippen LogP contribution >= 0.6 is 0 Å². The Morgan fingerprint density at radius 1 is 1.39 bits per heavy atom. The van der Waals surface area contributed by atoms with Gasteiger partial charge in [0.25, 0.3) is 0 Å². The molecule has 1 atom stereocenters. The molecule has 5 heteroatoms. The number of rotatable bonds is 6. The molecule has 0 spiro atoms. The first kappa shape index (κ1) is 14.5. The van der Waals surface area contributed by atoms with Crippen molar-refractivity contribution in [2.24, 2.45) is 10.9 Å². The number of hydrogen-bond acceptors (Lipinski definition) is 4. The highest BCUT2D eigenvalue weighted by atomic mass is 16.4. The second-order valence-corrected chi connectivity index (χ2v) is 4.61. The number of benzene rings is 1. The lowest BCUT2D eigenvalue weighted by Crippen LogP contribution is -2.44. The van der Waals surface area contributed by atoms with Gasteiger partial charge in [0.2, 0.25) is 0 Å². The average molecular weight is 251 g/mol. The van der Waals surface area contributed by atoms with E-state index in [1.54, 1.807) is 12.1 Å². The molecule has 0 radical (unpaired) electrons. The van der Waals surface area contributed by atoms with E-state index in [-0.39, 0.29) is 18.0 Å². The molecule has 0 saturated carbocycles. The van der Waals surface area contributed by atoms with E-state index in [9.17, 15) is 5.11 Å². The maximum atomic E-state index is 9.29. The van der Waals surface area contributed by atoms with Crippen molar-refractivity contribution in [3.05, 3.63) is 35.4 Å². The summed E-state index contributed by atoms with van der Waals surface area (Å²) in [6.45, 7) is 4.79. The third kappa shape index (κ3) is 3.72. The lowest BCUT2D eigenvalue weighted by Gasteiger charge is -2.27. The molecule has 18 heavy (non-hydrogen) atoms. The zero-order valence-electron chi connectivity index (χ0n) is 10.8. The Morgan fingerprint density at radius 2 is 2.00 bits per heavy atom. The van der Waals surface area contributed by atoms with Crippen LogP contribution in [-0.2, 0) is 6.54 Å². The quantitative estimate of drug-likeness (QED) is 0.263. The number of nitrogens with two attached hydrogens (primary N) is 1. The molecule has 1 unspecified atom stereocenters. The van der Waals surface area contributed by atoms with Crippen molar-refractivity contribution in [3.63, 3.8) is 0 Å². The summed E-state index contributed by atoms with van der Waals surface area (Å²) in [5.41, 5.74) is 6.99. The number of oxime groups is 1. The Morgan fingerprint density at radius 3 is 2.44 bits per heavy atom. The van der Waals surface area contributed by atoms with Gasteiger partial charge in [-0.05, 0) is 18.9 Å². The summed E-state index contributed by atoms with van der Waals surface area (Å²) in [5, 5.41) is 24.1. The van der Waals surface area contributed by atoms with Crippen LogP contribution in [0.2, 0.25) is 0 Å². The van der Waals surface area contributed by atoms with Crippen LogP contribution in [0.5, 0.6) is 0 Å². The van der Waals surface area contributed by atoms with Crippen LogP contribution in [0.25, 0.3) is 0 Å². The maximum Gasteiger partial charge on any atom is 0.170 e. The summed E-state index contributed by atoms with van der Waals surface area (Å²) in [6, 6.07) is 7.42. The Labute approximate surface area is 107 Å². The summed E-state index contributed by atoms with van der Waals surface area (Å²) in [4.78, 5) is 0. The van der Waals surface area contributed by atoms with E-state index in [0.717, 1.165) is 12.0 Å². The number of nitrogens with one attached hydrogen (secondary N) is 1. The molecule has 0 fully saturated rings. The van der Waals surface area contributed by atoms with Gasteiger partial charge in [-0.2, -0.15) is 0 Å². The Hall–Kier alpha value is -1.59. The zero-order valence-corrected chi connectivity index (χ0v) is 10.8. The minimum absolute atomic E-state index is 0.100. The molecule has 100 valence electrons. The molecule has 0 saturated heterocycles. The first-order chi connectivity index (χ1) is 8.54. The van der Waals surface area contributed by atoms with Gasteiger partial charge in [-0.15, -0.1) is 0 Å². The standard InChI is InChI=1S/C13H21N3O2/c1-3-13(2,9-17)15-8-10-4-6-11(7-5-10)12(14)16-18/h4-7,15,17-18H,3,8-9H2,1-2H3,(H2,14,16). The number of hydrogen-bond donors (Lipinski definition) is 4. The van der Waals surface area contributed by atoms with Crippen molar-refractivity contribution in [1.82, 2.24) is 5.32 Å². The second-order valence-electron chi connectivity index (χ2n) is 4.61. The summed E-state index contributed by atoms with van der Waals surface area (Å²) >= 11 is 0. The fourth-order valence-corrected chi connectivity index (χ4v) is 1.46. The molecule has 0 aliphatic carbocycles. The van der Waals surface area contributed by atoms with Crippen LogP contribution in [0.4, 0.5) is 0 Å². The minimum Gasteiger partial charge on any atom is -0.409 e. The van der Waals surface area contributed by atoms with Gasteiger partial charge in [0.05, 0.1) is 6.61 Å². The predicted octanol–water partition coefficient (Wildman–Crippen LogP) is 1.03. The van der Waals surface area contributed by atoms with Crippen LogP contribution in [0.15, 0.2) is 29.4 Å². The molecule has 0 heterocycles. The van der Waals surface area contributed by atoms with E-state index in [1.807, 2.05) is 26.0 Å². The van der Waals surface area contributed by atoms with Crippen LogP contribution in [0, 0.1) is 0 Å². The number of aliphatic hydroxyl groups excluding tert-OH is 1. The van der Waals surface area contributed by atoms with E-state index in [4.69, 9.17) is 10.9 Å². The van der Waals surface area contributed by atoms with Gasteiger partial charge in [-0.3, -0.25) is 0 Å². The maximum absolute atomic E-state index is 9.29. The molecule has 1 aromatic rings. The van der Waals surface area contributed by atoms with Gasteiger partial charge >= 0.3 is 0 Å². The Balaban J connectivity index is 2.65. The lowest BCUT2D eigenvalue weighted by atomic mass is 9.99. The second kappa shape index (κ2) is 6.37. The summed E-state index contributed by atoms with van der Waals surface area (Å²) in [6.07, 6.45) is 0.853. The van der Waals surface area contributed by atoms with E-state index >= 15 is 0 Å². The van der Waals surface area contributed by atoms with Crippen molar-refractivity contribution < 1.29 is 10.3 Å². The van der Waals surface area contributed by atoms with E-state index in [0.29, 0.717) is 12.1 Å². The highest BCUT2D eigenvalue weighted by Gasteiger charge is 2.19. The van der Waals surface area contributed by atoms with Gasteiger partial charge < -0.3 is 21.4 Å². The monoisotopic (exact) mass is 251 g/mol. The number of amidine groups is 1. The topological polar surface area (TPSA) is 90.9 Å². The summed E-state index contributed by atoms with van der Waals surface area (Å²) in [7, 11) is 0. The summed E-state index contributed by atoms with van der Waals surface area (Å²) in [5.74, 6) is 0.100. The molecule has 1 rings (SSSR count). The first-order valence-corrected chi connectivity index (χ1v) is 5.97. The van der Waals surface area contributed by atoms with Crippen molar-refractivity contribution in [2.45, 2.75) is 32.4 Å². The fraction of sp³-hybridized carbons (Fsp3) is 0.462. The highest BCUT2D eigenvalue weighted by Crippen LogP contribution is 2.10. The molecule has 0 aliphatic rings.